The van der Waals surface area contributed by atoms with Crippen LogP contribution in [0.4, 0.5) is 5.69 Å². The van der Waals surface area contributed by atoms with E-state index in [4.69, 9.17) is 0 Å². The van der Waals surface area contributed by atoms with Crippen molar-refractivity contribution in [3.8, 4) is 0 Å². The zero-order valence-electron chi connectivity index (χ0n) is 15.3. The molecule has 0 aliphatic rings. The van der Waals surface area contributed by atoms with E-state index in [0.29, 0.717) is 39.8 Å². The van der Waals surface area contributed by atoms with Gasteiger partial charge in [-0.05, 0) is 24.5 Å². The average molecular weight is 383 g/mol. The van der Waals surface area contributed by atoms with Crippen molar-refractivity contribution in [2.24, 2.45) is 5.92 Å². The first-order valence-electron chi connectivity index (χ1n) is 8.82. The largest absolute Gasteiger partial charge is 0.287 e. The molecular weight excluding hydrogens is 362 g/mol. The number of nitrogens with zero attached hydrogens (tertiary/aromatic N) is 3. The van der Waals surface area contributed by atoms with Gasteiger partial charge in [0.2, 0.25) is 0 Å². The molecule has 1 heterocycles. The molecule has 3 aromatic rings. The normalized spacial score (nSPS) is 11.2. The van der Waals surface area contributed by atoms with Gasteiger partial charge in [0.1, 0.15) is 0 Å². The number of nitro groups is 1. The quantitative estimate of drug-likeness (QED) is 0.257. The van der Waals surface area contributed by atoms with Crippen LogP contribution < -0.4 is 5.56 Å². The molecule has 3 rings (SSSR count). The Bertz CT molecular complexity index is 1030. The van der Waals surface area contributed by atoms with E-state index >= 15 is 0 Å². The zero-order chi connectivity index (χ0) is 19.4. The Labute approximate surface area is 161 Å². The van der Waals surface area contributed by atoms with E-state index < -0.39 is 0 Å². The summed E-state index contributed by atoms with van der Waals surface area (Å²) in [5.74, 6) is 0.834. The number of hydrogen-bond donors (Lipinski definition) is 0. The summed E-state index contributed by atoms with van der Waals surface area (Å²) in [5.41, 5.74) is 1.28. The highest BCUT2D eigenvalue weighted by Gasteiger charge is 2.16. The molecule has 0 spiro atoms. The monoisotopic (exact) mass is 383 g/mol. The van der Waals surface area contributed by atoms with Gasteiger partial charge in [-0.15, -0.1) is 0 Å². The summed E-state index contributed by atoms with van der Waals surface area (Å²) in [6.07, 6.45) is 0.860. The van der Waals surface area contributed by atoms with Gasteiger partial charge in [0.25, 0.3) is 11.2 Å². The first-order valence-corrected chi connectivity index (χ1v) is 9.80. The lowest BCUT2D eigenvalue weighted by Crippen LogP contribution is -2.24. The van der Waals surface area contributed by atoms with Crippen LogP contribution in [-0.2, 0) is 12.3 Å². The second kappa shape index (κ2) is 8.35. The molecule has 140 valence electrons. The third kappa shape index (κ3) is 4.36. The molecular formula is C20H21N3O3S. The van der Waals surface area contributed by atoms with E-state index in [0.717, 1.165) is 6.42 Å². The van der Waals surface area contributed by atoms with Gasteiger partial charge in [-0.3, -0.25) is 19.5 Å². The Morgan fingerprint density at radius 1 is 1.15 bits per heavy atom. The van der Waals surface area contributed by atoms with Gasteiger partial charge < -0.3 is 0 Å². The van der Waals surface area contributed by atoms with Crippen LogP contribution in [0.5, 0.6) is 0 Å². The van der Waals surface area contributed by atoms with E-state index in [-0.39, 0.29) is 16.2 Å². The number of para-hydroxylation sites is 2. The summed E-state index contributed by atoms with van der Waals surface area (Å²) < 4.78 is 1.70. The summed E-state index contributed by atoms with van der Waals surface area (Å²) in [7, 11) is 0. The highest BCUT2D eigenvalue weighted by atomic mass is 32.2. The molecule has 6 nitrogen and oxygen atoms in total. The molecule has 1 aromatic heterocycles. The summed E-state index contributed by atoms with van der Waals surface area (Å²) >= 11 is 1.36. The molecule has 0 saturated heterocycles. The SMILES string of the molecule is CC(C)CCn1c(SCc2ccccc2[N+](=O)[O-])nc2ccccc2c1=O. The van der Waals surface area contributed by atoms with Gasteiger partial charge in [-0.25, -0.2) is 4.98 Å². The number of hydrogen-bond acceptors (Lipinski definition) is 5. The van der Waals surface area contributed by atoms with Crippen molar-refractivity contribution in [3.63, 3.8) is 0 Å². The van der Waals surface area contributed by atoms with Gasteiger partial charge in [0.05, 0.1) is 15.8 Å². The minimum Gasteiger partial charge on any atom is -0.287 e. The van der Waals surface area contributed by atoms with E-state index in [1.54, 1.807) is 28.8 Å². The van der Waals surface area contributed by atoms with Crippen molar-refractivity contribution in [3.05, 3.63) is 74.6 Å². The topological polar surface area (TPSA) is 78.0 Å². The molecule has 0 unspecified atom stereocenters. The van der Waals surface area contributed by atoms with Crippen LogP contribution in [0.2, 0.25) is 0 Å². The molecule has 0 fully saturated rings. The van der Waals surface area contributed by atoms with Gasteiger partial charge in [0, 0.05) is 23.9 Å². The lowest BCUT2D eigenvalue weighted by Gasteiger charge is -2.14. The minimum absolute atomic E-state index is 0.0636. The predicted molar refractivity (Wildman–Crippen MR) is 108 cm³/mol. The molecule has 0 radical (unpaired) electrons. The van der Waals surface area contributed by atoms with Crippen LogP contribution >= 0.6 is 11.8 Å². The molecule has 0 amide bonds. The van der Waals surface area contributed by atoms with Crippen LogP contribution in [0.3, 0.4) is 0 Å². The van der Waals surface area contributed by atoms with Crippen LogP contribution in [0.15, 0.2) is 58.5 Å². The number of aromatic nitrogens is 2. The molecule has 0 bridgehead atoms. The van der Waals surface area contributed by atoms with Crippen molar-refractivity contribution in [2.75, 3.05) is 0 Å². The van der Waals surface area contributed by atoms with Crippen LogP contribution in [0.25, 0.3) is 10.9 Å². The lowest BCUT2D eigenvalue weighted by molar-refractivity contribution is -0.385. The van der Waals surface area contributed by atoms with Gasteiger partial charge >= 0.3 is 0 Å². The van der Waals surface area contributed by atoms with E-state index in [9.17, 15) is 14.9 Å². The van der Waals surface area contributed by atoms with E-state index in [2.05, 4.69) is 18.8 Å². The number of thioether (sulfide) groups is 1. The summed E-state index contributed by atoms with van der Waals surface area (Å²) in [6.45, 7) is 4.80. The number of rotatable bonds is 7. The molecule has 0 N–H and O–H groups in total. The molecule has 7 heteroatoms. The van der Waals surface area contributed by atoms with Crippen LogP contribution in [-0.4, -0.2) is 14.5 Å². The Balaban J connectivity index is 1.98. The van der Waals surface area contributed by atoms with Crippen LogP contribution in [0.1, 0.15) is 25.8 Å². The first kappa shape index (κ1) is 19.1. The van der Waals surface area contributed by atoms with E-state index in [1.807, 2.05) is 18.2 Å². The van der Waals surface area contributed by atoms with Crippen LogP contribution in [0, 0.1) is 16.0 Å². The molecule has 0 saturated carbocycles. The van der Waals surface area contributed by atoms with Gasteiger partial charge in [-0.2, -0.15) is 0 Å². The van der Waals surface area contributed by atoms with Crippen molar-refractivity contribution in [1.82, 2.24) is 9.55 Å². The highest BCUT2D eigenvalue weighted by molar-refractivity contribution is 7.98. The number of fused-ring (bicyclic) bond motifs is 1. The lowest BCUT2D eigenvalue weighted by atomic mass is 10.1. The number of nitro benzene ring substituents is 1. The molecule has 0 atom stereocenters. The molecule has 0 aliphatic carbocycles. The maximum atomic E-state index is 12.9. The van der Waals surface area contributed by atoms with E-state index in [1.165, 1.54) is 17.8 Å². The highest BCUT2D eigenvalue weighted by Crippen LogP contribution is 2.27. The molecule has 27 heavy (non-hydrogen) atoms. The van der Waals surface area contributed by atoms with Crippen molar-refractivity contribution in [1.29, 1.82) is 0 Å². The molecule has 2 aromatic carbocycles. The van der Waals surface area contributed by atoms with Gasteiger partial charge in [0.15, 0.2) is 5.16 Å². The molecule has 0 aliphatic heterocycles. The smallest absolute Gasteiger partial charge is 0.273 e. The summed E-state index contributed by atoms with van der Waals surface area (Å²) in [5, 5.41) is 12.4. The minimum atomic E-state index is -0.379. The van der Waals surface area contributed by atoms with Crippen molar-refractivity contribution < 1.29 is 4.92 Å². The first-order chi connectivity index (χ1) is 13.0. The zero-order valence-corrected chi connectivity index (χ0v) is 16.1. The fourth-order valence-corrected chi connectivity index (χ4v) is 3.82. The van der Waals surface area contributed by atoms with Crippen molar-refractivity contribution >= 4 is 28.4 Å². The Hall–Kier alpha value is -2.67. The maximum absolute atomic E-state index is 12.9. The summed E-state index contributed by atoms with van der Waals surface area (Å²) in [4.78, 5) is 28.5. The fourth-order valence-electron chi connectivity index (χ4n) is 2.80. The predicted octanol–water partition coefficient (Wildman–Crippen LogP) is 4.64. The second-order valence-corrected chi connectivity index (χ2v) is 7.67. The Morgan fingerprint density at radius 3 is 2.59 bits per heavy atom. The summed E-state index contributed by atoms with van der Waals surface area (Å²) in [6, 6.07) is 14.0. The average Bonchev–Trinajstić information content (AvgIpc) is 2.65. The second-order valence-electron chi connectivity index (χ2n) is 6.73. The Morgan fingerprint density at radius 2 is 1.85 bits per heavy atom. The third-order valence-electron chi connectivity index (χ3n) is 4.30. The third-order valence-corrected chi connectivity index (χ3v) is 5.33. The fraction of sp³-hybridized carbons (Fsp3) is 0.300. The van der Waals surface area contributed by atoms with Gasteiger partial charge in [-0.1, -0.05) is 55.9 Å². The standard InChI is InChI=1S/C20H21N3O3S/c1-14(2)11-12-22-19(24)16-8-4-5-9-17(16)21-20(22)27-13-15-7-3-6-10-18(15)23(25)26/h3-10,14H,11-13H2,1-2H3. The Kier molecular flexibility index (Phi) is 5.91. The maximum Gasteiger partial charge on any atom is 0.273 e. The van der Waals surface area contributed by atoms with Crippen molar-refractivity contribution in [2.45, 2.75) is 37.7 Å². The number of benzene rings is 2.